The normalized spacial score (nSPS) is 21.0. The van der Waals surface area contributed by atoms with E-state index < -0.39 is 17.8 Å². The number of likely N-dealkylation sites (tertiary alicyclic amines) is 2. The van der Waals surface area contributed by atoms with E-state index in [4.69, 9.17) is 0 Å². The number of carbonyl (C=O) groups is 3. The first-order valence-corrected chi connectivity index (χ1v) is 18.1. The van der Waals surface area contributed by atoms with E-state index >= 15 is 0 Å². The quantitative estimate of drug-likeness (QED) is 0.439. The van der Waals surface area contributed by atoms with Crippen LogP contribution in [0.15, 0.2) is 42.5 Å². The standard InChI is InChI=1S/C37H50F3N7O3/c1-3-27-24-26(8-9-31(27)37(38,39)40)25-33(34(48)45-22-20-44(21-23-45)29-11-15-43(2)16-12-29)42-35(49)46-17-13-30(14-18-46)47-19-10-28-6-4-5-7-32(28)41-36(47)50/h4-9,24,29-30,33H,3,10-23,25H2,1-2H3,(H,41,50)(H,42,49)/t33-/m1/s1. The van der Waals surface area contributed by atoms with Gasteiger partial charge >= 0.3 is 18.2 Å². The Morgan fingerprint density at radius 3 is 2.24 bits per heavy atom. The summed E-state index contributed by atoms with van der Waals surface area (Å²) in [6.07, 6.45) is -0.0210. The third-order valence-electron chi connectivity index (χ3n) is 11.1. The number of urea groups is 2. The molecule has 13 heteroatoms. The molecule has 50 heavy (non-hydrogen) atoms. The monoisotopic (exact) mass is 697 g/mol. The lowest BCUT2D eigenvalue weighted by Gasteiger charge is -2.43. The second kappa shape index (κ2) is 15.6. The van der Waals surface area contributed by atoms with Gasteiger partial charge in [0, 0.05) is 70.0 Å². The van der Waals surface area contributed by atoms with Gasteiger partial charge in [-0.15, -0.1) is 0 Å². The van der Waals surface area contributed by atoms with Gasteiger partial charge in [0.05, 0.1) is 5.56 Å². The number of para-hydroxylation sites is 1. The highest BCUT2D eigenvalue weighted by Gasteiger charge is 2.36. The third-order valence-corrected chi connectivity index (χ3v) is 11.1. The molecule has 0 aromatic heterocycles. The minimum Gasteiger partial charge on any atom is -0.338 e. The maximum absolute atomic E-state index is 14.1. The summed E-state index contributed by atoms with van der Waals surface area (Å²) in [4.78, 5) is 51.0. The number of piperazine rings is 1. The number of rotatable bonds is 7. The first kappa shape index (κ1) is 36.0. The number of fused-ring (bicyclic) bond motifs is 1. The van der Waals surface area contributed by atoms with Gasteiger partial charge in [0.15, 0.2) is 0 Å². The van der Waals surface area contributed by atoms with E-state index in [2.05, 4.69) is 27.5 Å². The van der Waals surface area contributed by atoms with Gasteiger partial charge in [0.25, 0.3) is 0 Å². The van der Waals surface area contributed by atoms with Gasteiger partial charge in [0.2, 0.25) is 5.91 Å². The Morgan fingerprint density at radius 2 is 1.56 bits per heavy atom. The lowest BCUT2D eigenvalue weighted by Crippen LogP contribution is -2.59. The van der Waals surface area contributed by atoms with Crippen LogP contribution >= 0.6 is 0 Å². The summed E-state index contributed by atoms with van der Waals surface area (Å²) in [5.41, 5.74) is 1.99. The van der Waals surface area contributed by atoms with Crippen molar-refractivity contribution in [2.24, 2.45) is 0 Å². The summed E-state index contributed by atoms with van der Waals surface area (Å²) in [7, 11) is 2.14. The minimum atomic E-state index is -4.47. The van der Waals surface area contributed by atoms with Crippen molar-refractivity contribution in [2.45, 2.75) is 76.2 Å². The smallest absolute Gasteiger partial charge is 0.338 e. The van der Waals surface area contributed by atoms with Crippen LogP contribution in [0.3, 0.4) is 0 Å². The van der Waals surface area contributed by atoms with E-state index in [0.29, 0.717) is 57.2 Å². The number of alkyl halides is 3. The molecule has 0 saturated carbocycles. The summed E-state index contributed by atoms with van der Waals surface area (Å²) < 4.78 is 41.0. The molecule has 0 unspecified atom stereocenters. The van der Waals surface area contributed by atoms with Crippen LogP contribution in [0.2, 0.25) is 0 Å². The van der Waals surface area contributed by atoms with Crippen LogP contribution in [0.1, 0.15) is 54.9 Å². The molecule has 3 saturated heterocycles. The molecule has 0 bridgehead atoms. The molecular weight excluding hydrogens is 647 g/mol. The molecule has 10 nitrogen and oxygen atoms in total. The van der Waals surface area contributed by atoms with E-state index in [0.717, 1.165) is 62.8 Å². The Bertz CT molecular complexity index is 1510. The van der Waals surface area contributed by atoms with Crippen LogP contribution < -0.4 is 10.6 Å². The molecule has 2 N–H and O–H groups in total. The van der Waals surface area contributed by atoms with Gasteiger partial charge in [-0.25, -0.2) is 9.59 Å². The molecule has 4 heterocycles. The van der Waals surface area contributed by atoms with E-state index in [9.17, 15) is 27.6 Å². The zero-order valence-electron chi connectivity index (χ0n) is 29.2. The molecule has 0 spiro atoms. The molecule has 3 fully saturated rings. The highest BCUT2D eigenvalue weighted by molar-refractivity contribution is 5.91. The molecule has 1 atom stereocenters. The number of nitrogens with zero attached hydrogens (tertiary/aromatic N) is 5. The Kier molecular flexibility index (Phi) is 11.2. The molecule has 272 valence electrons. The summed E-state index contributed by atoms with van der Waals surface area (Å²) in [5, 5.41) is 6.00. The zero-order chi connectivity index (χ0) is 35.4. The third kappa shape index (κ3) is 8.37. The Morgan fingerprint density at radius 1 is 0.880 bits per heavy atom. The van der Waals surface area contributed by atoms with Crippen LogP contribution in [-0.2, 0) is 30.2 Å². The summed E-state index contributed by atoms with van der Waals surface area (Å²) in [6, 6.07) is 10.9. The second-order valence-corrected chi connectivity index (χ2v) is 14.2. The lowest BCUT2D eigenvalue weighted by molar-refractivity contribution is -0.138. The molecule has 6 rings (SSSR count). The second-order valence-electron chi connectivity index (χ2n) is 14.2. The molecule has 2 aromatic carbocycles. The number of hydrogen-bond donors (Lipinski definition) is 2. The van der Waals surface area contributed by atoms with E-state index in [-0.39, 0.29) is 42.4 Å². The SMILES string of the molecule is CCc1cc(C[C@@H](NC(=O)N2CCC(N3CCc4ccccc4NC3=O)CC2)C(=O)N2CCN(C3CCN(C)CC3)CC2)ccc1C(F)(F)F. The van der Waals surface area contributed by atoms with Crippen molar-refractivity contribution in [1.82, 2.24) is 29.8 Å². The first-order chi connectivity index (χ1) is 24.0. The van der Waals surface area contributed by atoms with Crippen molar-refractivity contribution in [2.75, 3.05) is 71.3 Å². The maximum atomic E-state index is 14.1. The molecule has 0 aliphatic carbocycles. The predicted octanol–water partition coefficient (Wildman–Crippen LogP) is 4.68. The molecular formula is C37H50F3N7O3. The van der Waals surface area contributed by atoms with Gasteiger partial charge in [-0.2, -0.15) is 13.2 Å². The number of benzene rings is 2. The largest absolute Gasteiger partial charge is 0.416 e. The number of carbonyl (C=O) groups excluding carboxylic acids is 3. The number of amides is 5. The van der Waals surface area contributed by atoms with Crippen LogP contribution in [0.4, 0.5) is 28.4 Å². The summed E-state index contributed by atoms with van der Waals surface area (Å²) in [5.74, 6) is -0.213. The topological polar surface area (TPSA) is 91.5 Å². The van der Waals surface area contributed by atoms with Gasteiger partial charge in [-0.05, 0) is 87.5 Å². The van der Waals surface area contributed by atoms with Crippen molar-refractivity contribution in [3.8, 4) is 0 Å². The first-order valence-electron chi connectivity index (χ1n) is 18.1. The molecule has 0 radical (unpaired) electrons. The van der Waals surface area contributed by atoms with E-state index in [1.165, 1.54) is 12.1 Å². The Labute approximate surface area is 292 Å². The van der Waals surface area contributed by atoms with Gasteiger partial charge in [-0.1, -0.05) is 37.3 Å². The predicted molar refractivity (Wildman–Crippen MR) is 186 cm³/mol. The number of halogens is 3. The molecule has 4 aliphatic rings. The van der Waals surface area contributed by atoms with Gasteiger partial charge < -0.3 is 30.2 Å². The minimum absolute atomic E-state index is 0.0220. The van der Waals surface area contributed by atoms with Crippen LogP contribution in [0.5, 0.6) is 0 Å². The number of piperidine rings is 2. The fraction of sp³-hybridized carbons (Fsp3) is 0.595. The molecule has 2 aromatic rings. The zero-order valence-corrected chi connectivity index (χ0v) is 29.2. The van der Waals surface area contributed by atoms with Gasteiger partial charge in [-0.3, -0.25) is 9.69 Å². The molecule has 5 amide bonds. The number of nitrogens with one attached hydrogen (secondary N) is 2. The number of anilines is 1. The van der Waals surface area contributed by atoms with Crippen molar-refractivity contribution in [1.29, 1.82) is 0 Å². The van der Waals surface area contributed by atoms with E-state index in [1.807, 2.05) is 29.2 Å². The number of hydrogen-bond acceptors (Lipinski definition) is 5. The Hall–Kier alpha value is -3.84. The summed E-state index contributed by atoms with van der Waals surface area (Å²) >= 11 is 0. The van der Waals surface area contributed by atoms with Crippen molar-refractivity contribution in [3.63, 3.8) is 0 Å². The average molecular weight is 698 g/mol. The van der Waals surface area contributed by atoms with Crippen LogP contribution in [0.25, 0.3) is 0 Å². The maximum Gasteiger partial charge on any atom is 0.416 e. The van der Waals surface area contributed by atoms with Crippen molar-refractivity contribution >= 4 is 23.7 Å². The highest BCUT2D eigenvalue weighted by Crippen LogP contribution is 2.33. The fourth-order valence-electron chi connectivity index (χ4n) is 8.03. The van der Waals surface area contributed by atoms with Crippen LogP contribution in [0, 0.1) is 0 Å². The number of aryl methyl sites for hydroxylation is 1. The Balaban J connectivity index is 1.11. The highest BCUT2D eigenvalue weighted by atomic mass is 19.4. The molecule has 4 aliphatic heterocycles. The van der Waals surface area contributed by atoms with Crippen molar-refractivity contribution in [3.05, 3.63) is 64.7 Å². The van der Waals surface area contributed by atoms with Crippen LogP contribution in [-0.4, -0.2) is 127 Å². The average Bonchev–Trinajstić information content (AvgIpc) is 3.29. The summed E-state index contributed by atoms with van der Waals surface area (Å²) in [6.45, 7) is 7.81. The van der Waals surface area contributed by atoms with Crippen molar-refractivity contribution < 1.29 is 27.6 Å². The van der Waals surface area contributed by atoms with E-state index in [1.54, 1.807) is 16.7 Å². The fourth-order valence-corrected chi connectivity index (χ4v) is 8.03. The lowest BCUT2D eigenvalue weighted by atomic mass is 9.97. The van der Waals surface area contributed by atoms with Gasteiger partial charge in [0.1, 0.15) is 6.04 Å².